The maximum Gasteiger partial charge on any atom is 0.226 e. The highest BCUT2D eigenvalue weighted by molar-refractivity contribution is 5.76. The molecule has 0 aliphatic rings. The monoisotopic (exact) mass is 398 g/mol. The number of amides is 1. The van der Waals surface area contributed by atoms with Crippen LogP contribution in [0.15, 0.2) is 35.1 Å². The van der Waals surface area contributed by atoms with Crippen molar-refractivity contribution >= 4 is 5.91 Å². The second kappa shape index (κ2) is 9.81. The van der Waals surface area contributed by atoms with Gasteiger partial charge in [-0.1, -0.05) is 24.2 Å². The summed E-state index contributed by atoms with van der Waals surface area (Å²) >= 11 is 0. The molecule has 1 atom stereocenters. The van der Waals surface area contributed by atoms with E-state index in [0.29, 0.717) is 31.0 Å². The smallest absolute Gasteiger partial charge is 0.226 e. The number of hydrogen-bond acceptors (Lipinski definition) is 7. The highest BCUT2D eigenvalue weighted by Gasteiger charge is 2.16. The van der Waals surface area contributed by atoms with Gasteiger partial charge in [0.1, 0.15) is 17.9 Å². The molecule has 3 rings (SSSR count). The number of carbonyl (C=O) groups excluding carboxylic acids is 1. The van der Waals surface area contributed by atoms with E-state index >= 15 is 0 Å². The summed E-state index contributed by atoms with van der Waals surface area (Å²) in [4.78, 5) is 20.9. The van der Waals surface area contributed by atoms with Gasteiger partial charge < -0.3 is 14.6 Å². The number of aromatic nitrogens is 5. The molecule has 0 unspecified atom stereocenters. The van der Waals surface area contributed by atoms with Gasteiger partial charge in [0.15, 0.2) is 0 Å². The maximum atomic E-state index is 12.3. The third kappa shape index (κ3) is 5.40. The molecule has 1 amide bonds. The van der Waals surface area contributed by atoms with Crippen molar-refractivity contribution in [3.8, 4) is 17.1 Å². The number of hydrogen-bond donors (Lipinski definition) is 1. The van der Waals surface area contributed by atoms with Crippen LogP contribution in [-0.2, 0) is 17.8 Å². The number of rotatable bonds is 10. The summed E-state index contributed by atoms with van der Waals surface area (Å²) in [5, 5.41) is 11.2. The first-order chi connectivity index (χ1) is 14.1. The van der Waals surface area contributed by atoms with Crippen LogP contribution in [0.4, 0.5) is 0 Å². The molecule has 3 aromatic rings. The van der Waals surface area contributed by atoms with E-state index in [1.807, 2.05) is 35.9 Å². The number of carbonyl (C=O) groups is 1. The van der Waals surface area contributed by atoms with Gasteiger partial charge in [0, 0.05) is 24.9 Å². The summed E-state index contributed by atoms with van der Waals surface area (Å²) in [7, 11) is 1.61. The van der Waals surface area contributed by atoms with Crippen LogP contribution in [0.5, 0.6) is 5.75 Å². The average Bonchev–Trinajstić information content (AvgIpc) is 3.38. The zero-order valence-electron chi connectivity index (χ0n) is 17.0. The van der Waals surface area contributed by atoms with E-state index in [1.54, 1.807) is 7.11 Å². The largest absolute Gasteiger partial charge is 0.497 e. The molecule has 0 aliphatic heterocycles. The van der Waals surface area contributed by atoms with E-state index < -0.39 is 0 Å². The van der Waals surface area contributed by atoms with Crippen LogP contribution in [0.1, 0.15) is 50.9 Å². The topological polar surface area (TPSA) is 108 Å². The van der Waals surface area contributed by atoms with Crippen LogP contribution in [0.2, 0.25) is 0 Å². The predicted molar refractivity (Wildman–Crippen MR) is 106 cm³/mol. The summed E-state index contributed by atoms with van der Waals surface area (Å²) in [6.45, 7) is 4.76. The fourth-order valence-electron chi connectivity index (χ4n) is 3.01. The van der Waals surface area contributed by atoms with Crippen LogP contribution in [-0.4, -0.2) is 37.9 Å². The van der Waals surface area contributed by atoms with Crippen molar-refractivity contribution in [3.05, 3.63) is 42.3 Å². The Balaban J connectivity index is 1.48. The lowest BCUT2D eigenvalue weighted by atomic mass is 10.2. The summed E-state index contributed by atoms with van der Waals surface area (Å²) in [5.74, 6) is 2.46. The van der Waals surface area contributed by atoms with Crippen molar-refractivity contribution in [2.24, 2.45) is 0 Å². The van der Waals surface area contributed by atoms with Crippen LogP contribution in [0.25, 0.3) is 11.4 Å². The third-order valence-corrected chi connectivity index (χ3v) is 4.44. The van der Waals surface area contributed by atoms with E-state index in [1.165, 1.54) is 6.33 Å². The first-order valence-corrected chi connectivity index (χ1v) is 9.74. The number of nitrogens with one attached hydrogen (secondary N) is 1. The van der Waals surface area contributed by atoms with Gasteiger partial charge in [-0.25, -0.2) is 9.67 Å². The first kappa shape index (κ1) is 20.5. The normalized spacial score (nSPS) is 12.0. The summed E-state index contributed by atoms with van der Waals surface area (Å²) < 4.78 is 12.3. The van der Waals surface area contributed by atoms with Crippen LogP contribution in [0.3, 0.4) is 0 Å². The lowest BCUT2D eigenvalue weighted by Crippen LogP contribution is -2.28. The molecular weight excluding hydrogens is 372 g/mol. The minimum absolute atomic E-state index is 0.0453. The highest BCUT2D eigenvalue weighted by atomic mass is 16.5. The van der Waals surface area contributed by atoms with Crippen molar-refractivity contribution in [2.45, 2.75) is 52.1 Å². The molecule has 0 fully saturated rings. The van der Waals surface area contributed by atoms with Crippen LogP contribution >= 0.6 is 0 Å². The molecule has 9 nitrogen and oxygen atoms in total. The summed E-state index contributed by atoms with van der Waals surface area (Å²) in [5.41, 5.74) is 0.821. The van der Waals surface area contributed by atoms with Crippen molar-refractivity contribution in [2.75, 3.05) is 7.11 Å². The maximum absolute atomic E-state index is 12.3. The van der Waals surface area contributed by atoms with Gasteiger partial charge in [-0.3, -0.25) is 4.79 Å². The van der Waals surface area contributed by atoms with Crippen molar-refractivity contribution in [1.29, 1.82) is 0 Å². The number of methoxy groups -OCH3 is 1. The van der Waals surface area contributed by atoms with Gasteiger partial charge in [-0.15, -0.1) is 0 Å². The van der Waals surface area contributed by atoms with E-state index in [-0.39, 0.29) is 11.9 Å². The minimum Gasteiger partial charge on any atom is -0.497 e. The molecule has 1 aromatic carbocycles. The Bertz CT molecular complexity index is 936. The summed E-state index contributed by atoms with van der Waals surface area (Å²) in [6, 6.07) is 7.27. The van der Waals surface area contributed by atoms with Crippen molar-refractivity contribution in [3.63, 3.8) is 0 Å². The molecule has 154 valence electrons. The van der Waals surface area contributed by atoms with Gasteiger partial charge >= 0.3 is 0 Å². The molecule has 0 radical (unpaired) electrons. The highest BCUT2D eigenvalue weighted by Crippen LogP contribution is 2.21. The molecule has 9 heteroatoms. The number of benzene rings is 1. The standard InChI is InChI=1S/C20H26N6O3/c1-4-11-26-20(21-13-22-26)14(2)23-17(27)9-6-10-18-24-19(25-29-18)15-7-5-8-16(12-15)28-3/h5,7-8,12-14H,4,6,9-11H2,1-3H3,(H,23,27)/t14-/m1/s1. The van der Waals surface area contributed by atoms with E-state index in [0.717, 1.165) is 30.1 Å². The van der Waals surface area contributed by atoms with Gasteiger partial charge in [0.2, 0.25) is 17.6 Å². The molecule has 0 spiro atoms. The third-order valence-electron chi connectivity index (χ3n) is 4.44. The molecule has 0 aliphatic carbocycles. The molecule has 0 saturated carbocycles. The Kier molecular flexibility index (Phi) is 6.94. The SMILES string of the molecule is CCCn1ncnc1[C@@H](C)NC(=O)CCCc1nc(-c2cccc(OC)c2)no1. The van der Waals surface area contributed by atoms with Gasteiger partial charge in [-0.05, 0) is 31.9 Å². The van der Waals surface area contributed by atoms with Gasteiger partial charge in [-0.2, -0.15) is 10.1 Å². The molecule has 2 heterocycles. The fraction of sp³-hybridized carbons (Fsp3) is 0.450. The van der Waals surface area contributed by atoms with Gasteiger partial charge in [0.25, 0.3) is 0 Å². The number of ether oxygens (including phenoxy) is 1. The van der Waals surface area contributed by atoms with E-state index in [4.69, 9.17) is 9.26 Å². The Morgan fingerprint density at radius 2 is 2.24 bits per heavy atom. The average molecular weight is 398 g/mol. The van der Waals surface area contributed by atoms with Crippen LogP contribution in [0, 0.1) is 0 Å². The predicted octanol–water partition coefficient (Wildman–Crippen LogP) is 2.95. The van der Waals surface area contributed by atoms with Crippen molar-refractivity contribution < 1.29 is 14.1 Å². The second-order valence-corrected chi connectivity index (χ2v) is 6.73. The Labute approximate surface area is 169 Å². The number of nitrogens with zero attached hydrogens (tertiary/aromatic N) is 5. The zero-order chi connectivity index (χ0) is 20.6. The molecular formula is C20H26N6O3. The number of aryl methyl sites for hydroxylation is 2. The van der Waals surface area contributed by atoms with E-state index in [2.05, 4.69) is 32.5 Å². The molecule has 2 aromatic heterocycles. The molecule has 0 bridgehead atoms. The zero-order valence-corrected chi connectivity index (χ0v) is 17.0. The second-order valence-electron chi connectivity index (χ2n) is 6.73. The molecule has 0 saturated heterocycles. The van der Waals surface area contributed by atoms with Gasteiger partial charge in [0.05, 0.1) is 13.2 Å². The molecule has 29 heavy (non-hydrogen) atoms. The lowest BCUT2D eigenvalue weighted by molar-refractivity contribution is -0.121. The molecule has 1 N–H and O–H groups in total. The lowest BCUT2D eigenvalue weighted by Gasteiger charge is -2.14. The minimum atomic E-state index is -0.195. The fourth-order valence-corrected chi connectivity index (χ4v) is 3.01. The summed E-state index contributed by atoms with van der Waals surface area (Å²) in [6.07, 6.45) is 3.98. The first-order valence-electron chi connectivity index (χ1n) is 9.74. The van der Waals surface area contributed by atoms with Crippen LogP contribution < -0.4 is 10.1 Å². The quantitative estimate of drug-likeness (QED) is 0.559. The Morgan fingerprint density at radius 3 is 3.03 bits per heavy atom. The van der Waals surface area contributed by atoms with Crippen molar-refractivity contribution in [1.82, 2.24) is 30.2 Å². The Hall–Kier alpha value is -3.23. The van der Waals surface area contributed by atoms with E-state index in [9.17, 15) is 4.79 Å². The Morgan fingerprint density at radius 1 is 1.38 bits per heavy atom.